The van der Waals surface area contributed by atoms with E-state index in [-0.39, 0.29) is 5.91 Å². The number of nitrogens with zero attached hydrogens (tertiary/aromatic N) is 4. The highest BCUT2D eigenvalue weighted by molar-refractivity contribution is 6.02. The summed E-state index contributed by atoms with van der Waals surface area (Å²) in [5.41, 5.74) is 9.91. The number of rotatable bonds is 3. The van der Waals surface area contributed by atoms with E-state index < -0.39 is 17.6 Å². The van der Waals surface area contributed by atoms with Gasteiger partial charge in [0.15, 0.2) is 11.6 Å². The third-order valence-electron chi connectivity index (χ3n) is 5.82. The fraction of sp³-hybridized carbons (Fsp3) is 0.174. The number of nitrogens with two attached hydrogens (primary N) is 1. The van der Waals surface area contributed by atoms with E-state index in [9.17, 15) is 13.6 Å². The van der Waals surface area contributed by atoms with Crippen LogP contribution in [0.3, 0.4) is 0 Å². The van der Waals surface area contributed by atoms with Gasteiger partial charge in [-0.15, -0.1) is 0 Å². The van der Waals surface area contributed by atoms with Gasteiger partial charge in [0.25, 0.3) is 0 Å². The first kappa shape index (κ1) is 19.2. The number of hydrogen-bond acceptors (Lipinski definition) is 4. The van der Waals surface area contributed by atoms with Crippen molar-refractivity contribution in [2.75, 3.05) is 17.2 Å². The molecule has 0 saturated carbocycles. The molecule has 6 nitrogen and oxygen atoms in total. The number of halogens is 2. The van der Waals surface area contributed by atoms with Crippen LogP contribution in [-0.2, 0) is 11.8 Å². The largest absolute Gasteiger partial charge is 0.383 e. The zero-order valence-corrected chi connectivity index (χ0v) is 16.7. The van der Waals surface area contributed by atoms with Gasteiger partial charge >= 0.3 is 0 Å². The summed E-state index contributed by atoms with van der Waals surface area (Å²) in [4.78, 5) is 23.0. The van der Waals surface area contributed by atoms with Gasteiger partial charge in [-0.1, -0.05) is 18.2 Å². The van der Waals surface area contributed by atoms with Crippen molar-refractivity contribution in [2.45, 2.75) is 12.3 Å². The van der Waals surface area contributed by atoms with Crippen LogP contribution >= 0.6 is 0 Å². The standard InChI is InChI=1S/C23H19F2N5O/c1-29-11-17(20-21(26)27-12-28-22(20)29)13-2-5-15(6-3-13)30-9-8-16(23(30)31)14-4-7-18(24)19(25)10-14/h2-7,10-12,16H,8-9H2,1H3,(H2,26,27,28). The summed E-state index contributed by atoms with van der Waals surface area (Å²) in [5, 5.41) is 0.786. The second-order valence-electron chi connectivity index (χ2n) is 7.66. The molecule has 2 aromatic heterocycles. The maximum atomic E-state index is 13.6. The Hall–Kier alpha value is -3.81. The van der Waals surface area contributed by atoms with E-state index in [0.717, 1.165) is 40.0 Å². The first-order valence-electron chi connectivity index (χ1n) is 9.86. The molecule has 0 radical (unpaired) electrons. The van der Waals surface area contributed by atoms with Crippen LogP contribution in [-0.4, -0.2) is 27.0 Å². The Labute approximate surface area is 176 Å². The van der Waals surface area contributed by atoms with E-state index in [0.29, 0.717) is 24.3 Å². The Morgan fingerprint density at radius 3 is 2.58 bits per heavy atom. The van der Waals surface area contributed by atoms with Crippen molar-refractivity contribution < 1.29 is 13.6 Å². The van der Waals surface area contributed by atoms with Gasteiger partial charge < -0.3 is 15.2 Å². The van der Waals surface area contributed by atoms with E-state index in [1.165, 1.54) is 12.4 Å². The van der Waals surface area contributed by atoms with Crippen molar-refractivity contribution in [3.8, 4) is 11.1 Å². The number of anilines is 2. The molecule has 1 saturated heterocycles. The minimum atomic E-state index is -0.938. The Morgan fingerprint density at radius 2 is 1.84 bits per heavy atom. The molecule has 2 N–H and O–H groups in total. The molecule has 0 aliphatic carbocycles. The highest BCUT2D eigenvalue weighted by Gasteiger charge is 2.34. The van der Waals surface area contributed by atoms with Crippen molar-refractivity contribution in [1.82, 2.24) is 14.5 Å². The highest BCUT2D eigenvalue weighted by atomic mass is 19.2. The van der Waals surface area contributed by atoms with E-state index in [4.69, 9.17) is 5.73 Å². The monoisotopic (exact) mass is 419 g/mol. The number of aromatic nitrogens is 3. The number of aryl methyl sites for hydroxylation is 1. The van der Waals surface area contributed by atoms with Gasteiger partial charge in [-0.2, -0.15) is 0 Å². The number of amides is 1. The third-order valence-corrected chi connectivity index (χ3v) is 5.82. The summed E-state index contributed by atoms with van der Waals surface area (Å²) in [6.07, 6.45) is 3.93. The molecule has 2 aromatic carbocycles. The predicted octanol–water partition coefficient (Wildman–Crippen LogP) is 4.02. The summed E-state index contributed by atoms with van der Waals surface area (Å²) in [5.74, 6) is -2.05. The van der Waals surface area contributed by atoms with Gasteiger partial charge in [0.1, 0.15) is 17.8 Å². The fourth-order valence-corrected chi connectivity index (χ4v) is 4.25. The Morgan fingerprint density at radius 1 is 1.06 bits per heavy atom. The maximum Gasteiger partial charge on any atom is 0.234 e. The topological polar surface area (TPSA) is 77.0 Å². The van der Waals surface area contributed by atoms with Crippen LogP contribution in [0.15, 0.2) is 55.0 Å². The van der Waals surface area contributed by atoms with Gasteiger partial charge in [-0.05, 0) is 41.8 Å². The molecule has 8 heteroatoms. The lowest BCUT2D eigenvalue weighted by atomic mass is 9.97. The predicted molar refractivity (Wildman–Crippen MR) is 114 cm³/mol. The minimum absolute atomic E-state index is 0.124. The molecule has 1 fully saturated rings. The first-order valence-corrected chi connectivity index (χ1v) is 9.86. The SMILES string of the molecule is Cn1cc(-c2ccc(N3CCC(c4ccc(F)c(F)c4)C3=O)cc2)c2c(N)ncnc21. The van der Waals surface area contributed by atoms with Crippen LogP contribution in [0.25, 0.3) is 22.2 Å². The molecule has 0 spiro atoms. The zero-order valence-electron chi connectivity index (χ0n) is 16.7. The van der Waals surface area contributed by atoms with Crippen molar-refractivity contribution in [1.29, 1.82) is 0 Å². The van der Waals surface area contributed by atoms with E-state index in [2.05, 4.69) is 9.97 Å². The Kier molecular flexibility index (Phi) is 4.43. The number of carbonyl (C=O) groups excluding carboxylic acids is 1. The molecule has 1 amide bonds. The molecule has 31 heavy (non-hydrogen) atoms. The summed E-state index contributed by atoms with van der Waals surface area (Å²) in [7, 11) is 1.90. The normalized spacial score (nSPS) is 16.4. The van der Waals surface area contributed by atoms with Crippen LogP contribution in [0.2, 0.25) is 0 Å². The second kappa shape index (κ2) is 7.16. The molecule has 1 aliphatic rings. The zero-order chi connectivity index (χ0) is 21.7. The molecule has 3 heterocycles. The van der Waals surface area contributed by atoms with Crippen molar-refractivity contribution in [3.05, 3.63) is 72.2 Å². The quantitative estimate of drug-likeness (QED) is 0.544. The first-order chi connectivity index (χ1) is 14.9. The lowest BCUT2D eigenvalue weighted by Crippen LogP contribution is -2.26. The average Bonchev–Trinajstić information content (AvgIpc) is 3.31. The maximum absolute atomic E-state index is 13.6. The number of nitrogen functional groups attached to an aromatic ring is 1. The number of hydrogen-bond donors (Lipinski definition) is 1. The third kappa shape index (κ3) is 3.11. The summed E-state index contributed by atoms with van der Waals surface area (Å²) >= 11 is 0. The number of carbonyl (C=O) groups is 1. The molecule has 5 rings (SSSR count). The lowest BCUT2D eigenvalue weighted by molar-refractivity contribution is -0.118. The van der Waals surface area contributed by atoms with Gasteiger partial charge in [-0.3, -0.25) is 4.79 Å². The average molecular weight is 419 g/mol. The summed E-state index contributed by atoms with van der Waals surface area (Å²) in [6, 6.07) is 11.2. The lowest BCUT2D eigenvalue weighted by Gasteiger charge is -2.17. The Balaban J connectivity index is 1.43. The summed E-state index contributed by atoms with van der Waals surface area (Å²) in [6.45, 7) is 0.511. The minimum Gasteiger partial charge on any atom is -0.383 e. The molecule has 156 valence electrons. The highest BCUT2D eigenvalue weighted by Crippen LogP contribution is 2.36. The van der Waals surface area contributed by atoms with Crippen LogP contribution < -0.4 is 10.6 Å². The van der Waals surface area contributed by atoms with E-state index >= 15 is 0 Å². The van der Waals surface area contributed by atoms with Gasteiger partial charge in [0, 0.05) is 31.0 Å². The molecular weight excluding hydrogens is 400 g/mol. The van der Waals surface area contributed by atoms with Crippen LogP contribution in [0.4, 0.5) is 20.3 Å². The van der Waals surface area contributed by atoms with Crippen molar-refractivity contribution in [2.24, 2.45) is 7.05 Å². The number of benzene rings is 2. The molecular formula is C23H19F2N5O. The number of fused-ring (bicyclic) bond motifs is 1. The molecule has 4 aromatic rings. The van der Waals surface area contributed by atoms with Crippen LogP contribution in [0.5, 0.6) is 0 Å². The smallest absolute Gasteiger partial charge is 0.234 e. The molecule has 1 atom stereocenters. The van der Waals surface area contributed by atoms with Crippen LogP contribution in [0.1, 0.15) is 17.9 Å². The summed E-state index contributed by atoms with van der Waals surface area (Å²) < 4.78 is 28.7. The fourth-order valence-electron chi connectivity index (χ4n) is 4.25. The molecule has 0 bridgehead atoms. The van der Waals surface area contributed by atoms with Gasteiger partial charge in [-0.25, -0.2) is 18.7 Å². The van der Waals surface area contributed by atoms with E-state index in [1.54, 1.807) is 4.90 Å². The Bertz CT molecular complexity index is 1320. The van der Waals surface area contributed by atoms with E-state index in [1.807, 2.05) is 42.1 Å². The van der Waals surface area contributed by atoms with Crippen LogP contribution in [0, 0.1) is 11.6 Å². The van der Waals surface area contributed by atoms with Crippen molar-refractivity contribution >= 4 is 28.4 Å². The molecule has 1 aliphatic heterocycles. The van der Waals surface area contributed by atoms with Crippen molar-refractivity contribution in [3.63, 3.8) is 0 Å². The van der Waals surface area contributed by atoms with Gasteiger partial charge in [0.2, 0.25) is 5.91 Å². The van der Waals surface area contributed by atoms with Gasteiger partial charge in [0.05, 0.1) is 11.3 Å². The molecule has 1 unspecified atom stereocenters. The second-order valence-corrected chi connectivity index (χ2v) is 7.66.